The van der Waals surface area contributed by atoms with E-state index in [4.69, 9.17) is 5.73 Å². The first-order valence-corrected chi connectivity index (χ1v) is 15.8. The monoisotopic (exact) mass is 570 g/mol. The van der Waals surface area contributed by atoms with Gasteiger partial charge >= 0.3 is 0 Å². The number of nitrogens with zero attached hydrogens (tertiary/aromatic N) is 3. The summed E-state index contributed by atoms with van der Waals surface area (Å²) in [5, 5.41) is 0. The predicted octanol–water partition coefficient (Wildman–Crippen LogP) is 8.54. The van der Waals surface area contributed by atoms with Gasteiger partial charge in [-0.25, -0.2) is 23.1 Å². The zero-order chi connectivity index (χ0) is 29.7. The van der Waals surface area contributed by atoms with Gasteiger partial charge in [-0.05, 0) is 75.5 Å². The van der Waals surface area contributed by atoms with Crippen molar-refractivity contribution in [2.45, 2.75) is 117 Å². The van der Waals surface area contributed by atoms with Crippen LogP contribution in [0.4, 0.5) is 19.0 Å². The molecule has 0 aromatic carbocycles. The van der Waals surface area contributed by atoms with Gasteiger partial charge in [0.1, 0.15) is 6.33 Å². The van der Waals surface area contributed by atoms with E-state index in [1.54, 1.807) is 0 Å². The highest BCUT2D eigenvalue weighted by Crippen LogP contribution is 2.56. The van der Waals surface area contributed by atoms with Crippen LogP contribution in [0.5, 0.6) is 0 Å². The Morgan fingerprint density at radius 3 is 2.07 bits per heavy atom. The molecule has 2 heterocycles. The second kappa shape index (κ2) is 11.4. The van der Waals surface area contributed by atoms with E-state index in [0.717, 1.165) is 82.3 Å². The Bertz CT molecular complexity index is 1190. The van der Waals surface area contributed by atoms with Gasteiger partial charge in [0.2, 0.25) is 0 Å². The van der Waals surface area contributed by atoms with Gasteiger partial charge in [-0.1, -0.05) is 56.6 Å². The summed E-state index contributed by atoms with van der Waals surface area (Å²) in [4.78, 5) is 11.1. The van der Waals surface area contributed by atoms with E-state index in [-0.39, 0.29) is 29.1 Å². The molecule has 0 radical (unpaired) electrons. The number of hydrogen-bond acceptors (Lipinski definition) is 4. The molecule has 2 N–H and O–H groups in total. The van der Waals surface area contributed by atoms with Crippen LogP contribution in [-0.4, -0.2) is 28.5 Å². The summed E-state index contributed by atoms with van der Waals surface area (Å²) < 4.78 is 46.9. The molecule has 0 amide bonds. The summed E-state index contributed by atoms with van der Waals surface area (Å²) in [7, 11) is 0. The third-order valence-electron chi connectivity index (χ3n) is 10.1. The summed E-state index contributed by atoms with van der Waals surface area (Å²) >= 11 is 0. The van der Waals surface area contributed by atoms with Gasteiger partial charge in [-0.2, -0.15) is 0 Å². The zero-order valence-corrected chi connectivity index (χ0v) is 25.7. The normalized spacial score (nSPS) is 28.0. The summed E-state index contributed by atoms with van der Waals surface area (Å²) in [6.45, 7) is 14.5. The molecule has 41 heavy (non-hydrogen) atoms. The molecule has 1 aromatic rings. The van der Waals surface area contributed by atoms with Crippen molar-refractivity contribution in [3.8, 4) is 0 Å². The molecular weight excluding hydrogens is 521 g/mol. The lowest BCUT2D eigenvalue weighted by atomic mass is 9.65. The first-order valence-electron chi connectivity index (χ1n) is 15.8. The van der Waals surface area contributed by atoms with Gasteiger partial charge in [0.05, 0.1) is 11.6 Å². The third kappa shape index (κ3) is 5.97. The van der Waals surface area contributed by atoms with Gasteiger partial charge < -0.3 is 10.6 Å². The Balaban J connectivity index is 1.56. The van der Waals surface area contributed by atoms with Crippen LogP contribution in [-0.2, 0) is 6.42 Å². The van der Waals surface area contributed by atoms with Gasteiger partial charge in [0, 0.05) is 43.5 Å². The topological polar surface area (TPSA) is 55.0 Å². The van der Waals surface area contributed by atoms with E-state index < -0.39 is 11.8 Å². The number of aromatic nitrogens is 2. The van der Waals surface area contributed by atoms with Crippen LogP contribution < -0.4 is 10.6 Å². The molecular formula is C34H49F3N4. The molecule has 0 spiro atoms. The van der Waals surface area contributed by atoms with Crippen molar-refractivity contribution in [3.05, 3.63) is 52.4 Å². The van der Waals surface area contributed by atoms with Crippen LogP contribution in [0.15, 0.2) is 40.9 Å². The Morgan fingerprint density at radius 2 is 1.56 bits per heavy atom. The van der Waals surface area contributed by atoms with E-state index in [1.165, 1.54) is 17.5 Å². The maximum absolute atomic E-state index is 16.4. The van der Waals surface area contributed by atoms with Gasteiger partial charge in [0.15, 0.2) is 11.6 Å². The third-order valence-corrected chi connectivity index (χ3v) is 10.1. The number of halogens is 3. The molecule has 4 aliphatic rings. The number of rotatable bonds is 7. The lowest BCUT2D eigenvalue weighted by Gasteiger charge is -2.44. The van der Waals surface area contributed by atoms with Crippen molar-refractivity contribution >= 4 is 5.82 Å². The maximum atomic E-state index is 16.4. The van der Waals surface area contributed by atoms with Crippen molar-refractivity contribution in [1.29, 1.82) is 0 Å². The molecule has 4 bridgehead atoms. The number of nitrogens with two attached hydrogens (primary N) is 1. The van der Waals surface area contributed by atoms with E-state index in [9.17, 15) is 0 Å². The average Bonchev–Trinajstić information content (AvgIpc) is 3.03. The second-order valence-electron chi connectivity index (χ2n) is 14.5. The van der Waals surface area contributed by atoms with Crippen molar-refractivity contribution in [3.63, 3.8) is 0 Å². The van der Waals surface area contributed by atoms with E-state index in [1.807, 2.05) is 0 Å². The second-order valence-corrected chi connectivity index (χ2v) is 14.5. The molecule has 5 rings (SSSR count). The van der Waals surface area contributed by atoms with Crippen molar-refractivity contribution < 1.29 is 13.2 Å². The van der Waals surface area contributed by atoms with Crippen molar-refractivity contribution in [2.75, 3.05) is 11.4 Å². The minimum absolute atomic E-state index is 0.000255. The number of hydrogen-bond donors (Lipinski definition) is 1. The van der Waals surface area contributed by atoms with Crippen LogP contribution in [0.1, 0.15) is 105 Å². The van der Waals surface area contributed by atoms with Crippen LogP contribution in [0, 0.1) is 34.9 Å². The molecule has 2 saturated carbocycles. The number of alkyl halides is 2. The first-order chi connectivity index (χ1) is 19.3. The molecule has 4 nitrogen and oxygen atoms in total. The Hall–Kier alpha value is -2.31. The molecule has 2 unspecified atom stereocenters. The molecule has 1 aliphatic heterocycles. The Morgan fingerprint density at radius 1 is 1.00 bits per heavy atom. The van der Waals surface area contributed by atoms with Crippen molar-refractivity contribution in [2.24, 2.45) is 34.8 Å². The first kappa shape index (κ1) is 30.2. The molecule has 7 heteroatoms. The van der Waals surface area contributed by atoms with Crippen LogP contribution in [0.25, 0.3) is 0 Å². The highest BCUT2D eigenvalue weighted by Gasteiger charge is 2.51. The molecule has 226 valence electrons. The maximum Gasteiger partial charge on any atom is 0.255 e. The van der Waals surface area contributed by atoms with Gasteiger partial charge in [-0.3, -0.25) is 0 Å². The van der Waals surface area contributed by atoms with Crippen molar-refractivity contribution in [1.82, 2.24) is 9.97 Å². The largest absolute Gasteiger partial charge is 0.402 e. The quantitative estimate of drug-likeness (QED) is 0.334. The fraction of sp³-hybridized carbons (Fsp3) is 0.706. The summed E-state index contributed by atoms with van der Waals surface area (Å²) in [5.41, 5.74) is 11.6. The minimum atomic E-state index is -2.77. The standard InChI is InChI=1S/C34H49F3N4/c1-20-15-16-41(32-30(35)27(39-19-40-32)17-22(21(2)38)18-33(3,4)5)31(20)28-23-11-7-8-12-24(28)26-14-10-9-13-25(23)29(26)34(6,36)37/h19-20,22,28-29,31H,2,7-18,38H2,1,3-6H3/t20?,22-,28?,29?,31?/m1/s1. The fourth-order valence-corrected chi connectivity index (χ4v) is 8.49. The van der Waals surface area contributed by atoms with Crippen LogP contribution in [0.2, 0.25) is 0 Å². The highest BCUT2D eigenvalue weighted by atomic mass is 19.3. The number of allylic oxidation sites excluding steroid dienone is 3. The fourth-order valence-electron chi connectivity index (χ4n) is 8.49. The minimum Gasteiger partial charge on any atom is -0.402 e. The van der Waals surface area contributed by atoms with Gasteiger partial charge in [-0.15, -0.1) is 0 Å². The molecule has 3 aliphatic carbocycles. The van der Waals surface area contributed by atoms with Crippen LogP contribution in [0.3, 0.4) is 0 Å². The molecule has 1 aromatic heterocycles. The Labute approximate surface area is 244 Å². The zero-order valence-electron chi connectivity index (χ0n) is 25.7. The summed E-state index contributed by atoms with van der Waals surface area (Å²) in [6.07, 6.45) is 10.8. The van der Waals surface area contributed by atoms with Gasteiger partial charge in [0.25, 0.3) is 5.92 Å². The highest BCUT2D eigenvalue weighted by molar-refractivity contribution is 5.51. The Kier molecular flexibility index (Phi) is 8.39. The smallest absolute Gasteiger partial charge is 0.255 e. The van der Waals surface area contributed by atoms with E-state index in [2.05, 4.69) is 49.1 Å². The number of fused-ring (bicyclic) bond motifs is 4. The lowest BCUT2D eigenvalue weighted by molar-refractivity contribution is -0.0153. The molecule has 1 saturated heterocycles. The van der Waals surface area contributed by atoms with E-state index in [0.29, 0.717) is 36.1 Å². The number of anilines is 1. The predicted molar refractivity (Wildman–Crippen MR) is 160 cm³/mol. The molecule has 3 fully saturated rings. The summed E-state index contributed by atoms with van der Waals surface area (Å²) in [6, 6.07) is -0.000255. The lowest BCUT2D eigenvalue weighted by Crippen LogP contribution is -2.44. The van der Waals surface area contributed by atoms with E-state index >= 15 is 13.2 Å². The molecule has 3 atom stereocenters. The average molecular weight is 571 g/mol. The SMILES string of the molecule is C=C(N)[C@H](Cc1ncnc(N2CCC(C)C2C2C3=C4CCCCC(=C2CCCC3)C4C(C)(F)F)c1F)CC(C)(C)C. The van der Waals surface area contributed by atoms with Crippen LogP contribution >= 0.6 is 0 Å². The summed E-state index contributed by atoms with van der Waals surface area (Å²) in [5.74, 6) is -3.30.